The van der Waals surface area contributed by atoms with Gasteiger partial charge in [0.25, 0.3) is 0 Å². The molecule has 82 valence electrons. The first-order chi connectivity index (χ1) is 6.60. The molecule has 1 aliphatic rings. The van der Waals surface area contributed by atoms with Crippen LogP contribution < -0.4 is 5.73 Å². The van der Waals surface area contributed by atoms with Gasteiger partial charge in [0.05, 0.1) is 12.6 Å². The van der Waals surface area contributed by atoms with Crippen molar-refractivity contribution in [1.29, 1.82) is 0 Å². The molecule has 1 unspecified atom stereocenters. The second-order valence-corrected chi connectivity index (χ2v) is 4.15. The summed E-state index contributed by atoms with van der Waals surface area (Å²) >= 11 is 0. The topological polar surface area (TPSA) is 66.6 Å². The van der Waals surface area contributed by atoms with Gasteiger partial charge in [0.2, 0.25) is 5.91 Å². The molecule has 1 aliphatic heterocycles. The van der Waals surface area contributed by atoms with Crippen molar-refractivity contribution in [1.82, 2.24) is 4.90 Å². The molecule has 0 spiro atoms. The minimum atomic E-state index is -0.0550. The number of nitrogens with two attached hydrogens (primary N) is 1. The van der Waals surface area contributed by atoms with Crippen molar-refractivity contribution in [2.75, 3.05) is 13.2 Å². The van der Waals surface area contributed by atoms with Crippen LogP contribution in [0.2, 0.25) is 0 Å². The zero-order chi connectivity index (χ0) is 10.7. The van der Waals surface area contributed by atoms with Crippen LogP contribution >= 0.6 is 0 Å². The van der Waals surface area contributed by atoms with E-state index in [9.17, 15) is 9.90 Å². The lowest BCUT2D eigenvalue weighted by Gasteiger charge is -2.30. The van der Waals surface area contributed by atoms with Crippen molar-refractivity contribution in [3.05, 3.63) is 0 Å². The highest BCUT2D eigenvalue weighted by atomic mass is 16.3. The maximum Gasteiger partial charge on any atom is 0.224 e. The lowest BCUT2D eigenvalue weighted by atomic mass is 9.98. The van der Waals surface area contributed by atoms with Gasteiger partial charge in [-0.25, -0.2) is 0 Å². The van der Waals surface area contributed by atoms with E-state index in [0.717, 1.165) is 6.42 Å². The van der Waals surface area contributed by atoms with Gasteiger partial charge in [-0.15, -0.1) is 0 Å². The minimum Gasteiger partial charge on any atom is -0.394 e. The summed E-state index contributed by atoms with van der Waals surface area (Å²) in [7, 11) is 0. The third kappa shape index (κ3) is 2.25. The molecule has 0 aromatic carbocycles. The molecule has 4 nitrogen and oxygen atoms in total. The minimum absolute atomic E-state index is 0.0352. The SMILES string of the molecule is CC[C@H](C)[C@@H](CO)N1CC(N)CC1=O. The molecule has 3 N–H and O–H groups in total. The largest absolute Gasteiger partial charge is 0.394 e. The van der Waals surface area contributed by atoms with Crippen LogP contribution in [0, 0.1) is 5.92 Å². The highest BCUT2D eigenvalue weighted by Gasteiger charge is 2.34. The van der Waals surface area contributed by atoms with E-state index in [1.807, 2.05) is 0 Å². The molecule has 1 amide bonds. The summed E-state index contributed by atoms with van der Waals surface area (Å²) in [5.41, 5.74) is 5.71. The quantitative estimate of drug-likeness (QED) is 0.669. The van der Waals surface area contributed by atoms with Crippen LogP contribution in [-0.2, 0) is 4.79 Å². The number of aliphatic hydroxyl groups is 1. The molecule has 0 bridgehead atoms. The third-order valence-electron chi connectivity index (χ3n) is 3.08. The van der Waals surface area contributed by atoms with Crippen molar-refractivity contribution < 1.29 is 9.90 Å². The first-order valence-electron chi connectivity index (χ1n) is 5.26. The first kappa shape index (κ1) is 11.5. The van der Waals surface area contributed by atoms with Gasteiger partial charge in [0.15, 0.2) is 0 Å². The Morgan fingerprint density at radius 3 is 2.71 bits per heavy atom. The van der Waals surface area contributed by atoms with Gasteiger partial charge >= 0.3 is 0 Å². The lowest BCUT2D eigenvalue weighted by Crippen LogP contribution is -2.44. The number of rotatable bonds is 4. The summed E-state index contributed by atoms with van der Waals surface area (Å²) in [6.45, 7) is 4.74. The van der Waals surface area contributed by atoms with Crippen molar-refractivity contribution in [3.63, 3.8) is 0 Å². The fourth-order valence-electron chi connectivity index (χ4n) is 1.94. The van der Waals surface area contributed by atoms with Gasteiger partial charge in [0, 0.05) is 19.0 Å². The molecule has 1 saturated heterocycles. The number of nitrogens with zero attached hydrogens (tertiary/aromatic N) is 1. The Morgan fingerprint density at radius 2 is 2.36 bits per heavy atom. The van der Waals surface area contributed by atoms with E-state index in [1.54, 1.807) is 4.90 Å². The van der Waals surface area contributed by atoms with E-state index < -0.39 is 0 Å². The molecule has 4 heteroatoms. The smallest absolute Gasteiger partial charge is 0.224 e. The lowest BCUT2D eigenvalue weighted by molar-refractivity contribution is -0.131. The number of hydrogen-bond donors (Lipinski definition) is 2. The zero-order valence-corrected chi connectivity index (χ0v) is 8.94. The first-order valence-corrected chi connectivity index (χ1v) is 5.26. The Morgan fingerprint density at radius 1 is 1.71 bits per heavy atom. The van der Waals surface area contributed by atoms with Crippen LogP contribution in [0.25, 0.3) is 0 Å². The molecular formula is C10H20N2O2. The molecule has 14 heavy (non-hydrogen) atoms. The maximum absolute atomic E-state index is 11.5. The van der Waals surface area contributed by atoms with Crippen molar-refractivity contribution in [2.45, 2.75) is 38.8 Å². The molecule has 1 rings (SSSR count). The van der Waals surface area contributed by atoms with Gasteiger partial charge in [-0.3, -0.25) is 4.79 Å². The summed E-state index contributed by atoms with van der Waals surface area (Å²) < 4.78 is 0. The molecule has 0 aliphatic carbocycles. The predicted octanol–water partition coefficient (Wildman–Crippen LogP) is -0.0470. The fraction of sp³-hybridized carbons (Fsp3) is 0.900. The van der Waals surface area contributed by atoms with Crippen LogP contribution in [0.15, 0.2) is 0 Å². The number of carbonyl (C=O) groups is 1. The average molecular weight is 200 g/mol. The predicted molar refractivity (Wildman–Crippen MR) is 54.6 cm³/mol. The van der Waals surface area contributed by atoms with E-state index in [0.29, 0.717) is 18.9 Å². The van der Waals surface area contributed by atoms with E-state index in [4.69, 9.17) is 5.73 Å². The number of amides is 1. The molecule has 1 heterocycles. The van der Waals surface area contributed by atoms with Crippen LogP contribution in [-0.4, -0.2) is 41.1 Å². The van der Waals surface area contributed by atoms with Crippen molar-refractivity contribution >= 4 is 5.91 Å². The Labute approximate surface area is 85.1 Å². The van der Waals surface area contributed by atoms with Crippen LogP contribution in [0.5, 0.6) is 0 Å². The number of hydrogen-bond acceptors (Lipinski definition) is 3. The zero-order valence-electron chi connectivity index (χ0n) is 8.94. The average Bonchev–Trinajstić information content (AvgIpc) is 2.47. The summed E-state index contributed by atoms with van der Waals surface area (Å²) in [6.07, 6.45) is 1.39. The monoisotopic (exact) mass is 200 g/mol. The summed E-state index contributed by atoms with van der Waals surface area (Å²) in [5.74, 6) is 0.408. The Hall–Kier alpha value is -0.610. The highest BCUT2D eigenvalue weighted by Crippen LogP contribution is 2.20. The normalized spacial score (nSPS) is 26.7. The number of likely N-dealkylation sites (tertiary alicyclic amines) is 1. The summed E-state index contributed by atoms with van der Waals surface area (Å²) in [4.78, 5) is 13.3. The van der Waals surface area contributed by atoms with Gasteiger partial charge in [-0.05, 0) is 5.92 Å². The highest BCUT2D eigenvalue weighted by molar-refractivity contribution is 5.79. The molecule has 0 saturated carbocycles. The number of carbonyl (C=O) groups excluding carboxylic acids is 1. The molecule has 3 atom stereocenters. The second kappa shape index (κ2) is 4.75. The standard InChI is InChI=1S/C10H20N2O2/c1-3-7(2)9(6-13)12-5-8(11)4-10(12)14/h7-9,13H,3-6,11H2,1-2H3/t7-,8?,9+/m0/s1. The molecule has 1 fully saturated rings. The Bertz CT molecular complexity index is 208. The van der Waals surface area contributed by atoms with Gasteiger partial charge in [0.1, 0.15) is 0 Å². The third-order valence-corrected chi connectivity index (χ3v) is 3.08. The van der Waals surface area contributed by atoms with E-state index in [-0.39, 0.29) is 24.6 Å². The van der Waals surface area contributed by atoms with Crippen LogP contribution in [0.3, 0.4) is 0 Å². The van der Waals surface area contributed by atoms with Crippen molar-refractivity contribution in [2.24, 2.45) is 11.7 Å². The van der Waals surface area contributed by atoms with Crippen LogP contribution in [0.4, 0.5) is 0 Å². The molecule has 0 radical (unpaired) electrons. The fourth-order valence-corrected chi connectivity index (χ4v) is 1.94. The van der Waals surface area contributed by atoms with Crippen LogP contribution in [0.1, 0.15) is 26.7 Å². The van der Waals surface area contributed by atoms with Gasteiger partial charge < -0.3 is 15.7 Å². The maximum atomic E-state index is 11.5. The van der Waals surface area contributed by atoms with E-state index in [1.165, 1.54) is 0 Å². The molecule has 0 aromatic rings. The second-order valence-electron chi connectivity index (χ2n) is 4.15. The summed E-state index contributed by atoms with van der Waals surface area (Å²) in [6, 6.07) is -0.110. The molecule has 0 aromatic heterocycles. The Balaban J connectivity index is 2.65. The number of aliphatic hydroxyl groups excluding tert-OH is 1. The summed E-state index contributed by atoms with van der Waals surface area (Å²) in [5, 5.41) is 9.26. The van der Waals surface area contributed by atoms with Crippen molar-refractivity contribution in [3.8, 4) is 0 Å². The van der Waals surface area contributed by atoms with E-state index in [2.05, 4.69) is 13.8 Å². The Kier molecular flexibility index (Phi) is 3.89. The van der Waals surface area contributed by atoms with Gasteiger partial charge in [-0.2, -0.15) is 0 Å². The van der Waals surface area contributed by atoms with E-state index >= 15 is 0 Å². The van der Waals surface area contributed by atoms with Gasteiger partial charge in [-0.1, -0.05) is 20.3 Å². The molecular weight excluding hydrogens is 180 g/mol.